The van der Waals surface area contributed by atoms with Gasteiger partial charge >= 0.3 is 0 Å². The van der Waals surface area contributed by atoms with Crippen LogP contribution in [0.3, 0.4) is 0 Å². The van der Waals surface area contributed by atoms with E-state index in [9.17, 15) is 13.2 Å². The summed E-state index contributed by atoms with van der Waals surface area (Å²) < 4.78 is 35.3. The number of rotatable bonds is 8. The summed E-state index contributed by atoms with van der Waals surface area (Å²) in [5.41, 5.74) is 4.83. The van der Waals surface area contributed by atoms with Crippen LogP contribution in [0.25, 0.3) is 11.4 Å². The van der Waals surface area contributed by atoms with Gasteiger partial charge in [-0.2, -0.15) is 0 Å². The Bertz CT molecular complexity index is 1510. The van der Waals surface area contributed by atoms with Crippen LogP contribution in [0.4, 0.5) is 5.69 Å². The highest BCUT2D eigenvalue weighted by Crippen LogP contribution is 2.24. The maximum absolute atomic E-state index is 12.9. The number of aryl methyl sites for hydroxylation is 3. The lowest BCUT2D eigenvalue weighted by Crippen LogP contribution is -2.23. The number of carbonyl (C=O) groups is 1. The standard InChI is InChI=1S/C27H28N4O4S/c1-18-9-12-22(15-19(18)2)26-30-25(17-31(26)3)36(33,34)28-16-20-10-13-21(14-11-20)27(32)29-23-7-5-6-8-24(23)35-4/h5-15,17,28H,16H2,1-4H3,(H,29,32). The number of amides is 1. The lowest BCUT2D eigenvalue weighted by Gasteiger charge is -2.10. The second-order valence-corrected chi connectivity index (χ2v) is 10.2. The maximum Gasteiger partial charge on any atom is 0.259 e. The van der Waals surface area contributed by atoms with E-state index < -0.39 is 10.0 Å². The third-order valence-electron chi connectivity index (χ3n) is 5.93. The molecular formula is C27H28N4O4S. The Kier molecular flexibility index (Phi) is 7.23. The van der Waals surface area contributed by atoms with Crippen molar-refractivity contribution in [3.63, 3.8) is 0 Å². The average Bonchev–Trinajstić information content (AvgIpc) is 3.27. The summed E-state index contributed by atoms with van der Waals surface area (Å²) in [6.07, 6.45) is 1.50. The number of imidazole rings is 1. The average molecular weight is 505 g/mol. The van der Waals surface area contributed by atoms with E-state index in [-0.39, 0.29) is 17.5 Å². The van der Waals surface area contributed by atoms with E-state index in [1.165, 1.54) is 13.3 Å². The molecule has 1 heterocycles. The van der Waals surface area contributed by atoms with Crippen LogP contribution in [-0.2, 0) is 23.6 Å². The number of anilines is 1. The van der Waals surface area contributed by atoms with Gasteiger partial charge in [0.25, 0.3) is 15.9 Å². The summed E-state index contributed by atoms with van der Waals surface area (Å²) in [6, 6.07) is 19.8. The van der Waals surface area contributed by atoms with E-state index in [2.05, 4.69) is 15.0 Å². The van der Waals surface area contributed by atoms with Crippen molar-refractivity contribution in [3.8, 4) is 17.1 Å². The molecule has 0 aliphatic heterocycles. The van der Waals surface area contributed by atoms with Crippen LogP contribution in [0.2, 0.25) is 0 Å². The molecule has 2 N–H and O–H groups in total. The normalized spacial score (nSPS) is 11.3. The van der Waals surface area contributed by atoms with Crippen LogP contribution in [0, 0.1) is 13.8 Å². The number of sulfonamides is 1. The summed E-state index contributed by atoms with van der Waals surface area (Å²) in [4.78, 5) is 17.0. The van der Waals surface area contributed by atoms with Crippen LogP contribution in [0.1, 0.15) is 27.0 Å². The Morgan fingerprint density at radius 1 is 1.00 bits per heavy atom. The highest BCUT2D eigenvalue weighted by Gasteiger charge is 2.20. The zero-order valence-corrected chi connectivity index (χ0v) is 21.4. The molecule has 0 saturated heterocycles. The van der Waals surface area contributed by atoms with E-state index in [4.69, 9.17) is 4.74 Å². The van der Waals surface area contributed by atoms with Crippen molar-refractivity contribution in [1.82, 2.24) is 14.3 Å². The van der Waals surface area contributed by atoms with E-state index in [0.717, 1.165) is 16.7 Å². The minimum absolute atomic E-state index is 0.0500. The zero-order chi connectivity index (χ0) is 25.9. The number of aromatic nitrogens is 2. The van der Waals surface area contributed by atoms with Crippen molar-refractivity contribution in [2.24, 2.45) is 7.05 Å². The molecule has 0 aliphatic carbocycles. The molecule has 0 unspecified atom stereocenters. The van der Waals surface area contributed by atoms with Gasteiger partial charge in [-0.25, -0.2) is 18.1 Å². The van der Waals surface area contributed by atoms with E-state index in [1.807, 2.05) is 38.1 Å². The monoisotopic (exact) mass is 504 g/mol. The molecule has 0 atom stereocenters. The molecule has 0 saturated carbocycles. The summed E-state index contributed by atoms with van der Waals surface area (Å²) in [5.74, 6) is 0.843. The smallest absolute Gasteiger partial charge is 0.259 e. The molecule has 4 aromatic rings. The van der Waals surface area contributed by atoms with E-state index in [0.29, 0.717) is 28.4 Å². The fraction of sp³-hybridized carbons (Fsp3) is 0.185. The Hall–Kier alpha value is -3.95. The van der Waals surface area contributed by atoms with E-state index >= 15 is 0 Å². The molecule has 0 fully saturated rings. The van der Waals surface area contributed by atoms with Gasteiger partial charge in [-0.05, 0) is 60.9 Å². The van der Waals surface area contributed by atoms with Gasteiger partial charge in [0, 0.05) is 30.9 Å². The molecule has 1 aromatic heterocycles. The van der Waals surface area contributed by atoms with Crippen LogP contribution in [-0.4, -0.2) is 31.0 Å². The first-order valence-corrected chi connectivity index (χ1v) is 12.8. The van der Waals surface area contributed by atoms with Crippen molar-refractivity contribution < 1.29 is 17.9 Å². The number of methoxy groups -OCH3 is 1. The first-order chi connectivity index (χ1) is 17.2. The fourth-order valence-electron chi connectivity index (χ4n) is 3.69. The Balaban J connectivity index is 1.43. The SMILES string of the molecule is COc1ccccc1NC(=O)c1ccc(CNS(=O)(=O)c2cn(C)c(-c3ccc(C)c(C)c3)n2)cc1. The molecule has 36 heavy (non-hydrogen) atoms. The summed E-state index contributed by atoms with van der Waals surface area (Å²) >= 11 is 0. The second kappa shape index (κ2) is 10.3. The molecular weight excluding hydrogens is 476 g/mol. The van der Waals surface area contributed by atoms with Gasteiger partial charge in [0.2, 0.25) is 0 Å². The molecule has 0 radical (unpaired) electrons. The van der Waals surface area contributed by atoms with Gasteiger partial charge in [-0.3, -0.25) is 4.79 Å². The Morgan fingerprint density at radius 3 is 2.42 bits per heavy atom. The van der Waals surface area contributed by atoms with Crippen molar-refractivity contribution in [3.05, 3.63) is 95.2 Å². The number of ether oxygens (including phenoxy) is 1. The summed E-state index contributed by atoms with van der Waals surface area (Å²) in [5, 5.41) is 2.77. The predicted octanol–water partition coefficient (Wildman–Crippen LogP) is 4.44. The molecule has 3 aromatic carbocycles. The molecule has 1 amide bonds. The maximum atomic E-state index is 12.9. The molecule has 0 spiro atoms. The van der Waals surface area contributed by atoms with Crippen molar-refractivity contribution in [1.29, 1.82) is 0 Å². The largest absolute Gasteiger partial charge is 0.495 e. The summed E-state index contributed by atoms with van der Waals surface area (Å²) in [6.45, 7) is 4.09. The number of nitrogens with one attached hydrogen (secondary N) is 2. The minimum atomic E-state index is -3.84. The first kappa shape index (κ1) is 25.2. The lowest BCUT2D eigenvalue weighted by molar-refractivity contribution is 0.102. The van der Waals surface area contributed by atoms with Crippen LogP contribution < -0.4 is 14.8 Å². The van der Waals surface area contributed by atoms with Gasteiger partial charge in [0.1, 0.15) is 11.6 Å². The van der Waals surface area contributed by atoms with Crippen molar-refractivity contribution in [2.45, 2.75) is 25.4 Å². The second-order valence-electron chi connectivity index (χ2n) is 8.49. The highest BCUT2D eigenvalue weighted by molar-refractivity contribution is 7.89. The van der Waals surface area contributed by atoms with Crippen LogP contribution in [0.15, 0.2) is 78.0 Å². The molecule has 0 bridgehead atoms. The molecule has 8 nitrogen and oxygen atoms in total. The molecule has 4 rings (SSSR count). The molecule has 186 valence electrons. The summed E-state index contributed by atoms with van der Waals surface area (Å²) in [7, 11) is -0.529. The Morgan fingerprint density at radius 2 is 1.72 bits per heavy atom. The fourth-order valence-corrected chi connectivity index (χ4v) is 4.69. The molecule has 9 heteroatoms. The number of hydrogen-bond acceptors (Lipinski definition) is 5. The first-order valence-electron chi connectivity index (χ1n) is 11.3. The van der Waals surface area contributed by atoms with Gasteiger partial charge < -0.3 is 14.6 Å². The van der Waals surface area contributed by atoms with E-state index in [1.54, 1.807) is 54.1 Å². The van der Waals surface area contributed by atoms with Gasteiger partial charge in [-0.15, -0.1) is 0 Å². The quantitative estimate of drug-likeness (QED) is 0.369. The number of para-hydroxylation sites is 2. The Labute approximate surface area is 211 Å². The van der Waals surface area contributed by atoms with Gasteiger partial charge in [0.15, 0.2) is 5.03 Å². The molecule has 0 aliphatic rings. The van der Waals surface area contributed by atoms with Crippen molar-refractivity contribution >= 4 is 21.6 Å². The third kappa shape index (κ3) is 5.48. The predicted molar refractivity (Wildman–Crippen MR) is 140 cm³/mol. The van der Waals surface area contributed by atoms with Crippen LogP contribution in [0.5, 0.6) is 5.75 Å². The number of benzene rings is 3. The minimum Gasteiger partial charge on any atom is -0.495 e. The number of nitrogens with zero attached hydrogens (tertiary/aromatic N) is 2. The third-order valence-corrected chi connectivity index (χ3v) is 7.20. The number of carbonyl (C=O) groups excluding carboxylic acids is 1. The van der Waals surface area contributed by atoms with Crippen LogP contribution >= 0.6 is 0 Å². The van der Waals surface area contributed by atoms with Gasteiger partial charge in [-0.1, -0.05) is 36.4 Å². The van der Waals surface area contributed by atoms with Crippen molar-refractivity contribution in [2.75, 3.05) is 12.4 Å². The topological polar surface area (TPSA) is 102 Å². The zero-order valence-electron chi connectivity index (χ0n) is 20.6. The number of hydrogen-bond donors (Lipinski definition) is 2. The highest BCUT2D eigenvalue weighted by atomic mass is 32.2. The van der Waals surface area contributed by atoms with Gasteiger partial charge in [0.05, 0.1) is 12.8 Å². The lowest BCUT2D eigenvalue weighted by atomic mass is 10.1.